The van der Waals surface area contributed by atoms with Gasteiger partial charge in [0.1, 0.15) is 5.76 Å². The van der Waals surface area contributed by atoms with E-state index >= 15 is 0 Å². The zero-order valence-electron chi connectivity index (χ0n) is 11.2. The second-order valence-electron chi connectivity index (χ2n) is 5.06. The van der Waals surface area contributed by atoms with Gasteiger partial charge in [-0.3, -0.25) is 4.90 Å². The number of likely N-dealkylation sites (tertiary alicyclic amines) is 1. The molecule has 2 heterocycles. The summed E-state index contributed by atoms with van der Waals surface area (Å²) in [5.74, 6) is 1.13. The Labute approximate surface area is 104 Å². The fourth-order valence-electron chi connectivity index (χ4n) is 2.87. The molecule has 2 unspecified atom stereocenters. The smallest absolute Gasteiger partial charge is 0.122 e. The summed E-state index contributed by atoms with van der Waals surface area (Å²) >= 11 is 0. The van der Waals surface area contributed by atoms with Crippen molar-refractivity contribution in [1.82, 2.24) is 10.2 Å². The van der Waals surface area contributed by atoms with E-state index in [2.05, 4.69) is 30.1 Å². The summed E-state index contributed by atoms with van der Waals surface area (Å²) in [6, 6.07) is 3.50. The Morgan fingerprint density at radius 1 is 1.47 bits per heavy atom. The summed E-state index contributed by atoms with van der Waals surface area (Å²) in [6.07, 6.45) is 5.70. The Kier molecular flexibility index (Phi) is 4.24. The zero-order valence-corrected chi connectivity index (χ0v) is 11.2. The highest BCUT2D eigenvalue weighted by atomic mass is 16.3. The SMILES string of the molecule is CCC1CCC(C)N1Cc1occc1CNC. The van der Waals surface area contributed by atoms with Crippen LogP contribution in [0.3, 0.4) is 0 Å². The van der Waals surface area contributed by atoms with Gasteiger partial charge in [0, 0.05) is 24.2 Å². The molecule has 0 spiro atoms. The van der Waals surface area contributed by atoms with Crippen LogP contribution in [0.1, 0.15) is 44.4 Å². The largest absolute Gasteiger partial charge is 0.468 e. The van der Waals surface area contributed by atoms with Gasteiger partial charge >= 0.3 is 0 Å². The van der Waals surface area contributed by atoms with E-state index in [-0.39, 0.29) is 0 Å². The molecule has 3 heteroatoms. The number of nitrogens with zero attached hydrogens (tertiary/aromatic N) is 1. The molecule has 17 heavy (non-hydrogen) atoms. The van der Waals surface area contributed by atoms with Crippen LogP contribution < -0.4 is 5.32 Å². The molecule has 2 atom stereocenters. The fourth-order valence-corrected chi connectivity index (χ4v) is 2.87. The molecule has 1 aromatic rings. The minimum absolute atomic E-state index is 0.687. The van der Waals surface area contributed by atoms with Gasteiger partial charge in [0.25, 0.3) is 0 Å². The normalized spacial score (nSPS) is 25.6. The third kappa shape index (κ3) is 2.72. The van der Waals surface area contributed by atoms with Crippen LogP contribution in [0.25, 0.3) is 0 Å². The predicted molar refractivity (Wildman–Crippen MR) is 69.8 cm³/mol. The maximum absolute atomic E-state index is 5.64. The van der Waals surface area contributed by atoms with Crippen molar-refractivity contribution >= 4 is 0 Å². The summed E-state index contributed by atoms with van der Waals surface area (Å²) in [5.41, 5.74) is 1.29. The number of furan rings is 1. The van der Waals surface area contributed by atoms with Crippen molar-refractivity contribution in [2.24, 2.45) is 0 Å². The standard InChI is InChI=1S/C14H24N2O/c1-4-13-6-5-11(2)16(13)10-14-12(9-15-3)7-8-17-14/h7-8,11,13,15H,4-6,9-10H2,1-3H3. The van der Waals surface area contributed by atoms with Crippen LogP contribution in [-0.2, 0) is 13.1 Å². The Hall–Kier alpha value is -0.800. The average molecular weight is 236 g/mol. The van der Waals surface area contributed by atoms with E-state index in [1.165, 1.54) is 24.8 Å². The first kappa shape index (κ1) is 12.7. The van der Waals surface area contributed by atoms with Crippen LogP contribution in [0.4, 0.5) is 0 Å². The van der Waals surface area contributed by atoms with Gasteiger partial charge in [-0.15, -0.1) is 0 Å². The molecule has 0 aromatic carbocycles. The maximum Gasteiger partial charge on any atom is 0.122 e. The Balaban J connectivity index is 2.05. The molecular formula is C14H24N2O. The number of rotatable bonds is 5. The first-order valence-corrected chi connectivity index (χ1v) is 6.71. The quantitative estimate of drug-likeness (QED) is 0.852. The minimum atomic E-state index is 0.687. The zero-order chi connectivity index (χ0) is 12.3. The molecule has 96 valence electrons. The fraction of sp³-hybridized carbons (Fsp3) is 0.714. The van der Waals surface area contributed by atoms with Crippen LogP contribution in [-0.4, -0.2) is 24.0 Å². The second-order valence-corrected chi connectivity index (χ2v) is 5.06. The van der Waals surface area contributed by atoms with Gasteiger partial charge in [0.05, 0.1) is 12.8 Å². The van der Waals surface area contributed by atoms with Crippen LogP contribution in [0.2, 0.25) is 0 Å². The Bertz CT molecular complexity index is 348. The van der Waals surface area contributed by atoms with Gasteiger partial charge in [-0.25, -0.2) is 0 Å². The molecule has 0 amide bonds. The first-order valence-electron chi connectivity index (χ1n) is 6.71. The topological polar surface area (TPSA) is 28.4 Å². The van der Waals surface area contributed by atoms with Crippen molar-refractivity contribution in [3.05, 3.63) is 23.7 Å². The van der Waals surface area contributed by atoms with Crippen LogP contribution in [0.15, 0.2) is 16.7 Å². The van der Waals surface area contributed by atoms with Gasteiger partial charge in [-0.1, -0.05) is 6.92 Å². The van der Waals surface area contributed by atoms with E-state index in [4.69, 9.17) is 4.42 Å². The molecule has 1 aliphatic rings. The van der Waals surface area contributed by atoms with Crippen molar-refractivity contribution in [2.45, 2.75) is 58.3 Å². The summed E-state index contributed by atoms with van der Waals surface area (Å²) in [6.45, 7) is 6.47. The van der Waals surface area contributed by atoms with Gasteiger partial charge in [-0.05, 0) is 39.3 Å². The molecule has 1 aliphatic heterocycles. The first-order chi connectivity index (χ1) is 8.26. The van der Waals surface area contributed by atoms with Gasteiger partial charge in [0.15, 0.2) is 0 Å². The van der Waals surface area contributed by atoms with E-state index in [1.807, 2.05) is 13.3 Å². The molecule has 0 bridgehead atoms. The van der Waals surface area contributed by atoms with E-state index in [9.17, 15) is 0 Å². The molecule has 1 aromatic heterocycles. The summed E-state index contributed by atoms with van der Waals surface area (Å²) in [4.78, 5) is 2.60. The summed E-state index contributed by atoms with van der Waals surface area (Å²) < 4.78 is 5.64. The molecular weight excluding hydrogens is 212 g/mol. The predicted octanol–water partition coefficient (Wildman–Crippen LogP) is 2.76. The molecule has 2 rings (SSSR count). The number of hydrogen-bond donors (Lipinski definition) is 1. The average Bonchev–Trinajstić information content (AvgIpc) is 2.89. The Morgan fingerprint density at radius 2 is 2.29 bits per heavy atom. The summed E-state index contributed by atoms with van der Waals surface area (Å²) in [7, 11) is 1.98. The summed E-state index contributed by atoms with van der Waals surface area (Å²) in [5, 5.41) is 3.19. The van der Waals surface area contributed by atoms with Gasteiger partial charge < -0.3 is 9.73 Å². The molecule has 3 nitrogen and oxygen atoms in total. The highest BCUT2D eigenvalue weighted by molar-refractivity contribution is 5.17. The van der Waals surface area contributed by atoms with Gasteiger partial charge in [-0.2, -0.15) is 0 Å². The van der Waals surface area contributed by atoms with E-state index in [0.717, 1.165) is 24.9 Å². The monoisotopic (exact) mass is 236 g/mol. The highest BCUT2D eigenvalue weighted by Gasteiger charge is 2.30. The molecule has 0 aliphatic carbocycles. The molecule has 0 saturated carbocycles. The lowest BCUT2D eigenvalue weighted by atomic mass is 10.1. The minimum Gasteiger partial charge on any atom is -0.468 e. The third-order valence-electron chi connectivity index (χ3n) is 3.96. The van der Waals surface area contributed by atoms with E-state index < -0.39 is 0 Å². The van der Waals surface area contributed by atoms with Crippen molar-refractivity contribution in [3.8, 4) is 0 Å². The Morgan fingerprint density at radius 3 is 3.00 bits per heavy atom. The van der Waals surface area contributed by atoms with E-state index in [0.29, 0.717) is 6.04 Å². The molecule has 0 radical (unpaired) electrons. The highest BCUT2D eigenvalue weighted by Crippen LogP contribution is 2.28. The molecule has 1 saturated heterocycles. The maximum atomic E-state index is 5.64. The van der Waals surface area contributed by atoms with Gasteiger partial charge in [0.2, 0.25) is 0 Å². The van der Waals surface area contributed by atoms with Crippen LogP contribution in [0, 0.1) is 0 Å². The molecule has 1 N–H and O–H groups in total. The lowest BCUT2D eigenvalue weighted by Gasteiger charge is -2.27. The van der Waals surface area contributed by atoms with Crippen molar-refractivity contribution < 1.29 is 4.42 Å². The van der Waals surface area contributed by atoms with Crippen molar-refractivity contribution in [2.75, 3.05) is 7.05 Å². The number of nitrogens with one attached hydrogen (secondary N) is 1. The van der Waals surface area contributed by atoms with Crippen molar-refractivity contribution in [3.63, 3.8) is 0 Å². The van der Waals surface area contributed by atoms with E-state index in [1.54, 1.807) is 0 Å². The lowest BCUT2D eigenvalue weighted by molar-refractivity contribution is 0.174. The second kappa shape index (κ2) is 5.69. The van der Waals surface area contributed by atoms with Crippen LogP contribution >= 0.6 is 0 Å². The van der Waals surface area contributed by atoms with Crippen molar-refractivity contribution in [1.29, 1.82) is 0 Å². The van der Waals surface area contributed by atoms with Crippen LogP contribution in [0.5, 0.6) is 0 Å². The lowest BCUT2D eigenvalue weighted by Crippen LogP contribution is -2.33. The molecule has 1 fully saturated rings. The third-order valence-corrected chi connectivity index (χ3v) is 3.96. The number of hydrogen-bond acceptors (Lipinski definition) is 3.